The molecule has 0 fully saturated rings. The lowest BCUT2D eigenvalue weighted by Crippen LogP contribution is -2.07. The van der Waals surface area contributed by atoms with Crippen molar-refractivity contribution in [3.8, 4) is 17.2 Å². The highest BCUT2D eigenvalue weighted by Crippen LogP contribution is 2.39. The first-order valence-electron chi connectivity index (χ1n) is 6.48. The zero-order valence-electron chi connectivity index (χ0n) is 12.5. The van der Waals surface area contributed by atoms with Crippen LogP contribution in [0.3, 0.4) is 0 Å². The van der Waals surface area contributed by atoms with Crippen LogP contribution in [0.25, 0.3) is 0 Å². The maximum absolute atomic E-state index is 10.5. The molecule has 1 heterocycles. The van der Waals surface area contributed by atoms with E-state index in [0.29, 0.717) is 29.2 Å². The number of hydrogen-bond donors (Lipinski definition) is 1. The predicted molar refractivity (Wildman–Crippen MR) is 81.6 cm³/mol. The molecule has 1 unspecified atom stereocenters. The topological polar surface area (TPSA) is 60.8 Å². The number of aliphatic hydroxyl groups is 1. The molecule has 0 radical (unpaired) electrons. The van der Waals surface area contributed by atoms with Crippen molar-refractivity contribution in [1.29, 1.82) is 0 Å². The van der Waals surface area contributed by atoms with E-state index in [-0.39, 0.29) is 0 Å². The quantitative estimate of drug-likeness (QED) is 0.889. The average molecular weight is 309 g/mol. The van der Waals surface area contributed by atoms with Gasteiger partial charge in [0.05, 0.1) is 38.0 Å². The van der Waals surface area contributed by atoms with Gasteiger partial charge in [-0.15, -0.1) is 11.3 Å². The largest absolute Gasteiger partial charge is 0.496 e. The molecule has 0 saturated carbocycles. The van der Waals surface area contributed by atoms with Gasteiger partial charge in [0.1, 0.15) is 17.2 Å². The molecule has 1 N–H and O–H groups in total. The van der Waals surface area contributed by atoms with Gasteiger partial charge in [0.2, 0.25) is 0 Å². The average Bonchev–Trinajstić information content (AvgIpc) is 2.90. The molecule has 2 aromatic rings. The maximum atomic E-state index is 10.5. The van der Waals surface area contributed by atoms with Crippen LogP contribution in [-0.2, 0) is 6.42 Å². The van der Waals surface area contributed by atoms with Crippen LogP contribution in [0.5, 0.6) is 17.2 Å². The first-order chi connectivity index (χ1) is 10.1. The normalized spacial score (nSPS) is 12.0. The third kappa shape index (κ3) is 3.46. The lowest BCUT2D eigenvalue weighted by molar-refractivity contribution is 0.169. The van der Waals surface area contributed by atoms with Crippen molar-refractivity contribution in [2.45, 2.75) is 19.4 Å². The molecule has 0 aliphatic heterocycles. The summed E-state index contributed by atoms with van der Waals surface area (Å²) in [6, 6.07) is 3.46. The molecule has 0 aliphatic rings. The summed E-state index contributed by atoms with van der Waals surface area (Å²) in [5.41, 5.74) is 1.56. The number of aryl methyl sites for hydroxylation is 1. The summed E-state index contributed by atoms with van der Waals surface area (Å²) in [5.74, 6) is 1.68. The molecular weight excluding hydrogens is 290 g/mol. The number of nitrogens with zero attached hydrogens (tertiary/aromatic N) is 1. The van der Waals surface area contributed by atoms with Crippen molar-refractivity contribution in [3.05, 3.63) is 33.8 Å². The Morgan fingerprint density at radius 2 is 1.76 bits per heavy atom. The van der Waals surface area contributed by atoms with Gasteiger partial charge in [0, 0.05) is 29.6 Å². The summed E-state index contributed by atoms with van der Waals surface area (Å²) >= 11 is 1.53. The zero-order chi connectivity index (χ0) is 15.4. The molecule has 5 nitrogen and oxygen atoms in total. The highest BCUT2D eigenvalue weighted by molar-refractivity contribution is 7.09. The Labute approximate surface area is 128 Å². The second kappa shape index (κ2) is 6.78. The van der Waals surface area contributed by atoms with Crippen LogP contribution in [0.2, 0.25) is 0 Å². The van der Waals surface area contributed by atoms with Gasteiger partial charge >= 0.3 is 0 Å². The minimum absolute atomic E-state index is 0.414. The molecule has 6 heteroatoms. The van der Waals surface area contributed by atoms with E-state index in [9.17, 15) is 5.11 Å². The van der Waals surface area contributed by atoms with Gasteiger partial charge in [-0.2, -0.15) is 0 Å². The summed E-state index contributed by atoms with van der Waals surface area (Å²) in [4.78, 5) is 4.37. The number of hydrogen-bond acceptors (Lipinski definition) is 6. The molecular formula is C15H19NO4S. The van der Waals surface area contributed by atoms with E-state index in [0.717, 1.165) is 10.7 Å². The Hall–Kier alpha value is -1.79. The van der Waals surface area contributed by atoms with Crippen molar-refractivity contribution >= 4 is 11.3 Å². The van der Waals surface area contributed by atoms with E-state index in [1.807, 2.05) is 12.3 Å². The monoisotopic (exact) mass is 309 g/mol. The molecule has 1 aromatic heterocycles. The van der Waals surface area contributed by atoms with Crippen LogP contribution in [0, 0.1) is 6.92 Å². The van der Waals surface area contributed by atoms with Crippen molar-refractivity contribution in [3.63, 3.8) is 0 Å². The number of thiazole rings is 1. The molecule has 1 aromatic carbocycles. The maximum Gasteiger partial charge on any atom is 0.132 e. The van der Waals surface area contributed by atoms with Gasteiger partial charge in [-0.05, 0) is 6.92 Å². The van der Waals surface area contributed by atoms with Crippen LogP contribution in [-0.4, -0.2) is 31.4 Å². The van der Waals surface area contributed by atoms with Crippen molar-refractivity contribution in [1.82, 2.24) is 4.98 Å². The third-order valence-corrected chi connectivity index (χ3v) is 4.11. The molecule has 0 spiro atoms. The second-order valence-corrected chi connectivity index (χ2v) is 5.49. The van der Waals surface area contributed by atoms with E-state index in [1.54, 1.807) is 33.5 Å². The predicted octanol–water partition coefficient (Wildman–Crippen LogP) is 2.75. The number of benzene rings is 1. The number of rotatable bonds is 6. The Morgan fingerprint density at radius 1 is 1.14 bits per heavy atom. The summed E-state index contributed by atoms with van der Waals surface area (Å²) < 4.78 is 15.9. The summed E-state index contributed by atoms with van der Waals surface area (Å²) in [7, 11) is 4.68. The summed E-state index contributed by atoms with van der Waals surface area (Å²) in [6.07, 6.45) is -0.344. The van der Waals surface area contributed by atoms with Crippen molar-refractivity contribution in [2.24, 2.45) is 0 Å². The Morgan fingerprint density at radius 3 is 2.19 bits per heavy atom. The number of ether oxygens (including phenoxy) is 3. The van der Waals surface area contributed by atoms with Crippen LogP contribution in [0.15, 0.2) is 17.5 Å². The molecule has 0 saturated heterocycles. The van der Waals surface area contributed by atoms with Crippen LogP contribution < -0.4 is 14.2 Å². The van der Waals surface area contributed by atoms with Gasteiger partial charge in [0.15, 0.2) is 0 Å². The van der Waals surface area contributed by atoms with E-state index < -0.39 is 6.10 Å². The number of aromatic nitrogens is 1. The van der Waals surface area contributed by atoms with Crippen molar-refractivity contribution < 1.29 is 19.3 Å². The summed E-state index contributed by atoms with van der Waals surface area (Å²) in [5, 5.41) is 13.4. The highest BCUT2D eigenvalue weighted by Gasteiger charge is 2.22. The van der Waals surface area contributed by atoms with Gasteiger partial charge in [0.25, 0.3) is 0 Å². The van der Waals surface area contributed by atoms with E-state index >= 15 is 0 Å². The van der Waals surface area contributed by atoms with Crippen LogP contribution in [0.1, 0.15) is 22.4 Å². The molecule has 0 aliphatic carbocycles. The summed E-state index contributed by atoms with van der Waals surface area (Å²) in [6.45, 7) is 1.93. The zero-order valence-corrected chi connectivity index (χ0v) is 13.4. The first kappa shape index (κ1) is 15.6. The first-order valence-corrected chi connectivity index (χ1v) is 7.36. The van der Waals surface area contributed by atoms with Crippen LogP contribution in [0.4, 0.5) is 0 Å². The van der Waals surface area contributed by atoms with Gasteiger partial charge in [-0.25, -0.2) is 4.98 Å². The minimum Gasteiger partial charge on any atom is -0.496 e. The molecule has 2 rings (SSSR count). The minimum atomic E-state index is -0.758. The standard InChI is InChI=1S/C15H19NO4S/c1-9-8-21-14(16-9)7-11(17)15-12(19-3)5-10(18-2)6-13(15)20-4/h5-6,8,11,17H,7H2,1-4H3. The highest BCUT2D eigenvalue weighted by atomic mass is 32.1. The van der Waals surface area contributed by atoms with Gasteiger partial charge < -0.3 is 19.3 Å². The number of aliphatic hydroxyl groups excluding tert-OH is 1. The lowest BCUT2D eigenvalue weighted by Gasteiger charge is -2.18. The Balaban J connectivity index is 2.36. The fraction of sp³-hybridized carbons (Fsp3) is 0.400. The third-order valence-electron chi connectivity index (χ3n) is 3.12. The Bertz CT molecular complexity index is 586. The van der Waals surface area contributed by atoms with E-state index in [4.69, 9.17) is 14.2 Å². The van der Waals surface area contributed by atoms with E-state index in [2.05, 4.69) is 4.98 Å². The van der Waals surface area contributed by atoms with Crippen LogP contribution >= 0.6 is 11.3 Å². The fourth-order valence-electron chi connectivity index (χ4n) is 2.12. The molecule has 114 valence electrons. The Kier molecular flexibility index (Phi) is 5.03. The number of methoxy groups -OCH3 is 3. The fourth-order valence-corrected chi connectivity index (χ4v) is 2.94. The molecule has 1 atom stereocenters. The second-order valence-electron chi connectivity index (χ2n) is 4.55. The van der Waals surface area contributed by atoms with Gasteiger partial charge in [-0.1, -0.05) is 0 Å². The van der Waals surface area contributed by atoms with E-state index in [1.165, 1.54) is 11.3 Å². The SMILES string of the molecule is COc1cc(OC)c(C(O)Cc2nc(C)cs2)c(OC)c1. The molecule has 0 bridgehead atoms. The smallest absolute Gasteiger partial charge is 0.132 e. The van der Waals surface area contributed by atoms with Crippen molar-refractivity contribution in [2.75, 3.05) is 21.3 Å². The molecule has 21 heavy (non-hydrogen) atoms. The lowest BCUT2D eigenvalue weighted by atomic mass is 10.0. The molecule has 0 amide bonds. The van der Waals surface area contributed by atoms with Gasteiger partial charge in [-0.3, -0.25) is 0 Å².